The Kier molecular flexibility index (Phi) is 8.10. The number of amides is 3. The molecular formula is C26H28N4O4S. The van der Waals surface area contributed by atoms with Gasteiger partial charge in [0, 0.05) is 35.6 Å². The Morgan fingerprint density at radius 3 is 2.51 bits per heavy atom. The van der Waals surface area contributed by atoms with Crippen molar-refractivity contribution in [2.75, 3.05) is 31.6 Å². The van der Waals surface area contributed by atoms with Crippen LogP contribution in [0.2, 0.25) is 0 Å². The standard InChI is InChI=1S/C26H28N4O4S/c1-2-34-23(31)16-27-26(33)30-14-12-19(13-15-30)25-29-22(17-35-25)24(32)28-21-11-7-6-10-20(21)18-8-4-3-5-9-18/h3-11,17,19H,2,12-16H2,1H3,(H,27,33)(H,28,32). The Bertz CT molecular complexity index is 1170. The van der Waals surface area contributed by atoms with Gasteiger partial charge in [0.2, 0.25) is 0 Å². The number of carbonyl (C=O) groups excluding carboxylic acids is 3. The molecule has 0 aliphatic carbocycles. The quantitative estimate of drug-likeness (QED) is 0.473. The third-order valence-electron chi connectivity index (χ3n) is 5.84. The maximum atomic E-state index is 12.9. The van der Waals surface area contributed by atoms with Crippen LogP contribution in [0.5, 0.6) is 0 Å². The van der Waals surface area contributed by atoms with Crippen LogP contribution >= 0.6 is 11.3 Å². The molecule has 182 valence electrons. The van der Waals surface area contributed by atoms with Crippen molar-refractivity contribution in [2.24, 2.45) is 0 Å². The van der Waals surface area contributed by atoms with E-state index in [1.807, 2.05) is 54.6 Å². The van der Waals surface area contributed by atoms with Crippen molar-refractivity contribution >= 4 is 34.9 Å². The van der Waals surface area contributed by atoms with Gasteiger partial charge in [0.25, 0.3) is 5.91 Å². The number of nitrogens with one attached hydrogen (secondary N) is 2. The third-order valence-corrected chi connectivity index (χ3v) is 6.84. The molecule has 2 heterocycles. The number of urea groups is 1. The molecule has 0 atom stereocenters. The predicted molar refractivity (Wildman–Crippen MR) is 136 cm³/mol. The average Bonchev–Trinajstić information content (AvgIpc) is 3.39. The lowest BCUT2D eigenvalue weighted by molar-refractivity contribution is -0.141. The van der Waals surface area contributed by atoms with Gasteiger partial charge in [0.1, 0.15) is 12.2 Å². The normalized spacial score (nSPS) is 13.8. The molecule has 1 saturated heterocycles. The summed E-state index contributed by atoms with van der Waals surface area (Å²) in [6.07, 6.45) is 1.50. The summed E-state index contributed by atoms with van der Waals surface area (Å²) in [5.74, 6) is -0.505. The highest BCUT2D eigenvalue weighted by atomic mass is 32.1. The van der Waals surface area contributed by atoms with Gasteiger partial charge in [-0.1, -0.05) is 48.5 Å². The van der Waals surface area contributed by atoms with Crippen molar-refractivity contribution in [1.82, 2.24) is 15.2 Å². The van der Waals surface area contributed by atoms with E-state index in [2.05, 4.69) is 15.6 Å². The number of nitrogens with zero attached hydrogens (tertiary/aromatic N) is 2. The largest absolute Gasteiger partial charge is 0.465 e. The Morgan fingerprint density at radius 1 is 1.06 bits per heavy atom. The molecule has 0 radical (unpaired) electrons. The van der Waals surface area contributed by atoms with Crippen LogP contribution in [0.3, 0.4) is 0 Å². The number of thiazole rings is 1. The summed E-state index contributed by atoms with van der Waals surface area (Å²) in [7, 11) is 0. The maximum absolute atomic E-state index is 12.9. The van der Waals surface area contributed by atoms with Gasteiger partial charge in [0.05, 0.1) is 11.6 Å². The molecule has 0 unspecified atom stereocenters. The van der Waals surface area contributed by atoms with E-state index in [0.717, 1.165) is 34.7 Å². The Hall–Kier alpha value is -3.72. The summed E-state index contributed by atoms with van der Waals surface area (Å²) in [5.41, 5.74) is 3.11. The number of hydrogen-bond donors (Lipinski definition) is 2. The van der Waals surface area contributed by atoms with Crippen LogP contribution < -0.4 is 10.6 Å². The lowest BCUT2D eigenvalue weighted by atomic mass is 9.98. The number of ether oxygens (including phenoxy) is 1. The monoisotopic (exact) mass is 492 g/mol. The Morgan fingerprint density at radius 2 is 1.77 bits per heavy atom. The lowest BCUT2D eigenvalue weighted by Gasteiger charge is -2.31. The predicted octanol–water partition coefficient (Wildman–Crippen LogP) is 4.51. The van der Waals surface area contributed by atoms with Crippen LogP contribution in [0, 0.1) is 0 Å². The van der Waals surface area contributed by atoms with Crippen LogP contribution in [0.1, 0.15) is 41.2 Å². The van der Waals surface area contributed by atoms with Crippen LogP contribution in [0.25, 0.3) is 11.1 Å². The third kappa shape index (κ3) is 6.24. The molecule has 35 heavy (non-hydrogen) atoms. The minimum Gasteiger partial charge on any atom is -0.465 e. The summed E-state index contributed by atoms with van der Waals surface area (Å²) < 4.78 is 4.83. The molecule has 1 aliphatic rings. The van der Waals surface area contributed by atoms with E-state index in [9.17, 15) is 14.4 Å². The first-order valence-electron chi connectivity index (χ1n) is 11.6. The molecule has 1 aromatic heterocycles. The number of hydrogen-bond acceptors (Lipinski definition) is 6. The second-order valence-corrected chi connectivity index (χ2v) is 9.05. The number of likely N-dealkylation sites (tertiary alicyclic amines) is 1. The minimum atomic E-state index is -0.448. The Labute approximate surface area is 208 Å². The van der Waals surface area contributed by atoms with E-state index in [-0.39, 0.29) is 31.0 Å². The summed E-state index contributed by atoms with van der Waals surface area (Å²) in [6.45, 7) is 3.00. The van der Waals surface area contributed by atoms with E-state index in [0.29, 0.717) is 18.8 Å². The van der Waals surface area contributed by atoms with E-state index in [1.165, 1.54) is 11.3 Å². The molecule has 2 N–H and O–H groups in total. The fourth-order valence-electron chi connectivity index (χ4n) is 4.03. The van der Waals surface area contributed by atoms with Crippen molar-refractivity contribution in [3.05, 3.63) is 70.7 Å². The Balaban J connectivity index is 1.33. The van der Waals surface area contributed by atoms with Gasteiger partial charge in [-0.15, -0.1) is 11.3 Å². The average molecular weight is 493 g/mol. The van der Waals surface area contributed by atoms with Gasteiger partial charge in [-0.25, -0.2) is 9.78 Å². The second kappa shape index (κ2) is 11.6. The van der Waals surface area contributed by atoms with E-state index in [4.69, 9.17) is 4.74 Å². The summed E-state index contributed by atoms with van der Waals surface area (Å²) in [5, 5.41) is 8.29. The maximum Gasteiger partial charge on any atom is 0.325 e. The number of para-hydroxylation sites is 1. The zero-order chi connectivity index (χ0) is 24.6. The van der Waals surface area contributed by atoms with Gasteiger partial charge in [-0.3, -0.25) is 9.59 Å². The fraction of sp³-hybridized carbons (Fsp3) is 0.308. The molecule has 9 heteroatoms. The highest BCUT2D eigenvalue weighted by Gasteiger charge is 2.26. The first-order chi connectivity index (χ1) is 17.0. The van der Waals surface area contributed by atoms with Gasteiger partial charge in [-0.05, 0) is 31.4 Å². The topological polar surface area (TPSA) is 101 Å². The number of piperidine rings is 1. The van der Waals surface area contributed by atoms with Crippen LogP contribution in [0.4, 0.5) is 10.5 Å². The number of carbonyl (C=O) groups is 3. The molecule has 8 nitrogen and oxygen atoms in total. The zero-order valence-electron chi connectivity index (χ0n) is 19.5. The van der Waals surface area contributed by atoms with Crippen molar-refractivity contribution in [2.45, 2.75) is 25.7 Å². The van der Waals surface area contributed by atoms with Gasteiger partial charge < -0.3 is 20.3 Å². The first-order valence-corrected chi connectivity index (χ1v) is 12.5. The van der Waals surface area contributed by atoms with E-state index in [1.54, 1.807) is 17.2 Å². The summed E-state index contributed by atoms with van der Waals surface area (Å²) in [6, 6.07) is 17.4. The molecule has 0 bridgehead atoms. The number of benzene rings is 2. The number of rotatable bonds is 7. The highest BCUT2D eigenvalue weighted by Crippen LogP contribution is 2.31. The smallest absolute Gasteiger partial charge is 0.325 e. The van der Waals surface area contributed by atoms with Gasteiger partial charge >= 0.3 is 12.0 Å². The van der Waals surface area contributed by atoms with Crippen molar-refractivity contribution in [1.29, 1.82) is 0 Å². The molecule has 3 amide bonds. The second-order valence-electron chi connectivity index (χ2n) is 8.16. The number of anilines is 1. The fourth-order valence-corrected chi connectivity index (χ4v) is 5.00. The van der Waals surface area contributed by atoms with Gasteiger partial charge in [-0.2, -0.15) is 0 Å². The van der Waals surface area contributed by atoms with Gasteiger partial charge in [0.15, 0.2) is 0 Å². The van der Waals surface area contributed by atoms with E-state index < -0.39 is 5.97 Å². The molecule has 1 fully saturated rings. The SMILES string of the molecule is CCOC(=O)CNC(=O)N1CCC(c2nc(C(=O)Nc3ccccc3-c3ccccc3)cs2)CC1. The molecule has 1 aliphatic heterocycles. The van der Waals surface area contributed by atoms with Crippen molar-refractivity contribution in [3.63, 3.8) is 0 Å². The molecule has 0 saturated carbocycles. The summed E-state index contributed by atoms with van der Waals surface area (Å²) in [4.78, 5) is 43.0. The lowest BCUT2D eigenvalue weighted by Crippen LogP contribution is -2.45. The van der Waals surface area contributed by atoms with Crippen molar-refractivity contribution in [3.8, 4) is 11.1 Å². The first kappa shape index (κ1) is 24.4. The molecule has 4 rings (SSSR count). The summed E-state index contributed by atoms with van der Waals surface area (Å²) >= 11 is 1.47. The molecule has 3 aromatic rings. The molecule has 0 spiro atoms. The number of esters is 1. The van der Waals surface area contributed by atoms with Crippen molar-refractivity contribution < 1.29 is 19.1 Å². The minimum absolute atomic E-state index is 0.134. The number of aromatic nitrogens is 1. The van der Waals surface area contributed by atoms with Crippen LogP contribution in [-0.4, -0.2) is 54.0 Å². The van der Waals surface area contributed by atoms with Crippen LogP contribution in [-0.2, 0) is 9.53 Å². The highest BCUT2D eigenvalue weighted by molar-refractivity contribution is 7.10. The zero-order valence-corrected chi connectivity index (χ0v) is 20.3. The molecular weight excluding hydrogens is 464 g/mol. The van der Waals surface area contributed by atoms with E-state index >= 15 is 0 Å². The molecule has 2 aromatic carbocycles. The van der Waals surface area contributed by atoms with Crippen LogP contribution in [0.15, 0.2) is 60.0 Å².